The van der Waals surface area contributed by atoms with Crippen LogP contribution in [0.5, 0.6) is 0 Å². The molecular weight excluding hydrogens is 178 g/mol. The number of benzene rings is 1. The molecule has 1 unspecified atom stereocenters. The quantitative estimate of drug-likeness (QED) is 0.614. The maximum absolute atomic E-state index is 11.5. The van der Waals surface area contributed by atoms with E-state index < -0.39 is 0 Å². The Kier molecular flexibility index (Phi) is 4.10. The van der Waals surface area contributed by atoms with Crippen molar-refractivity contribution < 1.29 is 4.79 Å². The smallest absolute Gasteiger partial charge is 0.251 e. The first-order valence-electron chi connectivity index (χ1n) is 4.53. The first-order valence-corrected chi connectivity index (χ1v) is 4.53. The molecule has 0 radical (unpaired) electrons. The summed E-state index contributed by atoms with van der Waals surface area (Å²) < 4.78 is 0. The monoisotopic (exact) mass is 193 g/mol. The summed E-state index contributed by atoms with van der Waals surface area (Å²) in [6.45, 7) is 0.777. The molecule has 1 rings (SSSR count). The van der Waals surface area contributed by atoms with Crippen LogP contribution in [0.4, 0.5) is 0 Å². The molecule has 4 nitrogen and oxygen atoms in total. The van der Waals surface area contributed by atoms with Gasteiger partial charge in [-0.25, -0.2) is 0 Å². The van der Waals surface area contributed by atoms with Gasteiger partial charge in [0.1, 0.15) is 0 Å². The van der Waals surface area contributed by atoms with Crippen LogP contribution in [0, 0.1) is 0 Å². The fraction of sp³-hybridized carbons (Fsp3) is 0.300. The van der Waals surface area contributed by atoms with Crippen molar-refractivity contribution >= 4 is 5.91 Å². The van der Waals surface area contributed by atoms with Gasteiger partial charge in [-0.1, -0.05) is 18.2 Å². The van der Waals surface area contributed by atoms with Crippen LogP contribution >= 0.6 is 0 Å². The van der Waals surface area contributed by atoms with Crippen LogP contribution in [-0.4, -0.2) is 25.0 Å². The number of nitrogens with one attached hydrogen (secondary N) is 1. The zero-order valence-electron chi connectivity index (χ0n) is 7.94. The number of hydrogen-bond donors (Lipinski definition) is 3. The highest BCUT2D eigenvalue weighted by atomic mass is 16.1. The predicted molar refractivity (Wildman–Crippen MR) is 55.8 cm³/mol. The molecule has 1 aromatic rings. The summed E-state index contributed by atoms with van der Waals surface area (Å²) in [5.41, 5.74) is 11.5. The predicted octanol–water partition coefficient (Wildman–Crippen LogP) is -0.298. The van der Waals surface area contributed by atoms with Gasteiger partial charge in [0.05, 0.1) is 0 Å². The Bertz CT molecular complexity index is 287. The Morgan fingerprint density at radius 1 is 1.36 bits per heavy atom. The average Bonchev–Trinajstić information content (AvgIpc) is 2.26. The lowest BCUT2D eigenvalue weighted by Gasteiger charge is -2.09. The molecule has 14 heavy (non-hydrogen) atoms. The normalized spacial score (nSPS) is 12.1. The summed E-state index contributed by atoms with van der Waals surface area (Å²) in [6, 6.07) is 8.83. The van der Waals surface area contributed by atoms with E-state index >= 15 is 0 Å². The number of amides is 1. The third-order valence-electron chi connectivity index (χ3n) is 1.86. The lowest BCUT2D eigenvalue weighted by Crippen LogP contribution is -2.41. The lowest BCUT2D eigenvalue weighted by atomic mass is 10.2. The van der Waals surface area contributed by atoms with Crippen LogP contribution in [0.2, 0.25) is 0 Å². The van der Waals surface area contributed by atoms with Crippen molar-refractivity contribution in [3.63, 3.8) is 0 Å². The maximum atomic E-state index is 11.5. The second-order valence-corrected chi connectivity index (χ2v) is 3.07. The van der Waals surface area contributed by atoms with Gasteiger partial charge in [-0.3, -0.25) is 4.79 Å². The molecular formula is C10H15N3O. The Morgan fingerprint density at radius 3 is 2.57 bits per heavy atom. The average molecular weight is 193 g/mol. The fourth-order valence-corrected chi connectivity index (χ4v) is 0.999. The van der Waals surface area contributed by atoms with Crippen molar-refractivity contribution in [3.8, 4) is 0 Å². The second kappa shape index (κ2) is 5.36. The molecule has 76 valence electrons. The van der Waals surface area contributed by atoms with Crippen LogP contribution in [0.25, 0.3) is 0 Å². The van der Waals surface area contributed by atoms with E-state index in [1.807, 2.05) is 18.2 Å². The molecule has 0 heterocycles. The molecule has 5 N–H and O–H groups in total. The second-order valence-electron chi connectivity index (χ2n) is 3.07. The van der Waals surface area contributed by atoms with Crippen molar-refractivity contribution in [1.82, 2.24) is 5.32 Å². The number of rotatable bonds is 4. The Hall–Kier alpha value is -1.39. The van der Waals surface area contributed by atoms with Crippen molar-refractivity contribution in [2.75, 3.05) is 13.1 Å². The van der Waals surface area contributed by atoms with Gasteiger partial charge in [-0.15, -0.1) is 0 Å². The summed E-state index contributed by atoms with van der Waals surface area (Å²) >= 11 is 0. The van der Waals surface area contributed by atoms with Crippen molar-refractivity contribution in [1.29, 1.82) is 0 Å². The van der Waals surface area contributed by atoms with Crippen LogP contribution < -0.4 is 16.8 Å². The summed E-state index contributed by atoms with van der Waals surface area (Å²) in [4.78, 5) is 11.5. The molecule has 1 aromatic carbocycles. The highest BCUT2D eigenvalue weighted by Crippen LogP contribution is 1.97. The molecule has 0 fully saturated rings. The molecule has 1 atom stereocenters. The zero-order valence-corrected chi connectivity index (χ0v) is 7.94. The van der Waals surface area contributed by atoms with Gasteiger partial charge >= 0.3 is 0 Å². The van der Waals surface area contributed by atoms with E-state index in [1.54, 1.807) is 12.1 Å². The van der Waals surface area contributed by atoms with E-state index in [-0.39, 0.29) is 11.9 Å². The van der Waals surface area contributed by atoms with Gasteiger partial charge in [0.15, 0.2) is 0 Å². The topological polar surface area (TPSA) is 81.1 Å². The molecule has 0 saturated heterocycles. The maximum Gasteiger partial charge on any atom is 0.251 e. The van der Waals surface area contributed by atoms with E-state index in [0.717, 1.165) is 0 Å². The lowest BCUT2D eigenvalue weighted by molar-refractivity contribution is 0.0951. The summed E-state index contributed by atoms with van der Waals surface area (Å²) in [5, 5.41) is 2.71. The van der Waals surface area contributed by atoms with Crippen LogP contribution in [0.1, 0.15) is 10.4 Å². The summed E-state index contributed by atoms with van der Waals surface area (Å²) in [7, 11) is 0. The van der Waals surface area contributed by atoms with Crippen molar-refractivity contribution in [2.45, 2.75) is 6.04 Å². The fourth-order valence-electron chi connectivity index (χ4n) is 0.999. The molecule has 0 saturated carbocycles. The third-order valence-corrected chi connectivity index (χ3v) is 1.86. The molecule has 0 aliphatic heterocycles. The first-order chi connectivity index (χ1) is 6.74. The van der Waals surface area contributed by atoms with Crippen LogP contribution in [0.3, 0.4) is 0 Å². The molecule has 4 heteroatoms. The van der Waals surface area contributed by atoms with Gasteiger partial charge in [0.25, 0.3) is 5.91 Å². The van der Waals surface area contributed by atoms with Crippen molar-refractivity contribution in [3.05, 3.63) is 35.9 Å². The Morgan fingerprint density at radius 2 is 2.00 bits per heavy atom. The van der Waals surface area contributed by atoms with Gasteiger partial charge in [0.2, 0.25) is 0 Å². The molecule has 0 spiro atoms. The van der Waals surface area contributed by atoms with Gasteiger partial charge < -0.3 is 16.8 Å². The highest BCUT2D eigenvalue weighted by Gasteiger charge is 2.05. The first kappa shape index (κ1) is 10.7. The van der Waals surface area contributed by atoms with E-state index in [9.17, 15) is 4.79 Å². The van der Waals surface area contributed by atoms with Gasteiger partial charge in [-0.2, -0.15) is 0 Å². The molecule has 0 aliphatic carbocycles. The standard InChI is InChI=1S/C10H15N3O/c11-6-9(12)7-13-10(14)8-4-2-1-3-5-8/h1-5,9H,6-7,11-12H2,(H,13,14). The minimum atomic E-state index is -0.178. The molecule has 0 bridgehead atoms. The zero-order chi connectivity index (χ0) is 10.4. The van der Waals surface area contributed by atoms with Gasteiger partial charge in [0, 0.05) is 24.7 Å². The number of carbonyl (C=O) groups excluding carboxylic acids is 1. The number of hydrogen-bond acceptors (Lipinski definition) is 3. The van der Waals surface area contributed by atoms with E-state index in [4.69, 9.17) is 11.5 Å². The van der Waals surface area contributed by atoms with E-state index in [1.165, 1.54) is 0 Å². The molecule has 0 aromatic heterocycles. The minimum absolute atomic E-state index is 0.116. The Balaban J connectivity index is 2.44. The van der Waals surface area contributed by atoms with E-state index in [0.29, 0.717) is 18.7 Å². The molecule has 1 amide bonds. The van der Waals surface area contributed by atoms with E-state index in [2.05, 4.69) is 5.32 Å². The number of nitrogens with two attached hydrogens (primary N) is 2. The summed E-state index contributed by atoms with van der Waals surface area (Å²) in [5.74, 6) is -0.116. The largest absolute Gasteiger partial charge is 0.350 e. The SMILES string of the molecule is NCC(N)CNC(=O)c1ccccc1. The van der Waals surface area contributed by atoms with Crippen LogP contribution in [-0.2, 0) is 0 Å². The summed E-state index contributed by atoms with van der Waals surface area (Å²) in [6.07, 6.45) is 0. The Labute approximate surface area is 83.3 Å². The highest BCUT2D eigenvalue weighted by molar-refractivity contribution is 5.94. The van der Waals surface area contributed by atoms with Gasteiger partial charge in [-0.05, 0) is 12.1 Å². The third kappa shape index (κ3) is 3.16. The van der Waals surface area contributed by atoms with Crippen molar-refractivity contribution in [2.24, 2.45) is 11.5 Å². The minimum Gasteiger partial charge on any atom is -0.350 e. The number of carbonyl (C=O) groups is 1. The van der Waals surface area contributed by atoms with Crippen LogP contribution in [0.15, 0.2) is 30.3 Å². The molecule has 0 aliphatic rings.